The highest BCUT2D eigenvalue weighted by atomic mass is 28.5. The molecule has 0 aromatic carbocycles. The monoisotopic (exact) mass is 491 g/mol. The lowest BCUT2D eigenvalue weighted by Gasteiger charge is -2.61. The molecule has 172 valence electrons. The molecule has 2 saturated heterocycles. The Morgan fingerprint density at radius 2 is 0.933 bits per heavy atom. The first-order valence-electron chi connectivity index (χ1n) is 11.3. The van der Waals surface area contributed by atoms with Crippen molar-refractivity contribution in [2.24, 2.45) is 0 Å². The third kappa shape index (κ3) is 5.24. The van der Waals surface area contributed by atoms with Crippen molar-refractivity contribution in [3.05, 3.63) is 0 Å². The highest BCUT2D eigenvalue weighted by Gasteiger charge is 2.63. The van der Waals surface area contributed by atoms with Gasteiger partial charge in [0.2, 0.25) is 0 Å². The van der Waals surface area contributed by atoms with E-state index < -0.39 is 55.2 Å². The van der Waals surface area contributed by atoms with Gasteiger partial charge in [0.15, 0.2) is 33.6 Å². The van der Waals surface area contributed by atoms with E-state index in [1.807, 2.05) is 30.2 Å². The second-order valence-electron chi connectivity index (χ2n) is 10.6. The van der Waals surface area contributed by atoms with Crippen LogP contribution in [0.2, 0.25) is 52.4 Å². The van der Waals surface area contributed by atoms with Crippen molar-refractivity contribution in [1.82, 2.24) is 32.3 Å². The van der Waals surface area contributed by atoms with Gasteiger partial charge in [0.1, 0.15) is 0 Å². The van der Waals surface area contributed by atoms with Gasteiger partial charge in [-0.05, 0) is 72.0 Å². The van der Waals surface area contributed by atoms with Gasteiger partial charge in [0.25, 0.3) is 0 Å². The molecule has 16 heteroatoms. The summed E-state index contributed by atoms with van der Waals surface area (Å²) in [7, 11) is -11.7. The zero-order valence-electron chi connectivity index (χ0n) is 20.9. The predicted molar refractivity (Wildman–Crippen MR) is 138 cm³/mol. The number of nitrogens with one attached hydrogen (secondary N) is 3. The first kappa shape index (κ1) is 26.9. The van der Waals surface area contributed by atoms with Gasteiger partial charge in [-0.15, -0.1) is 0 Å². The van der Waals surface area contributed by atoms with Crippen LogP contribution in [0.5, 0.6) is 0 Å². The summed E-state index contributed by atoms with van der Waals surface area (Å²) in [6, 6.07) is 0. The van der Waals surface area contributed by atoms with E-state index in [2.05, 4.69) is 70.5 Å². The first-order chi connectivity index (χ1) is 13.5. The fraction of sp³-hybridized carbons (Fsp3) is 1.00. The molecule has 0 amide bonds. The van der Waals surface area contributed by atoms with Crippen LogP contribution in [0.25, 0.3) is 0 Å². The molecular weight excluding hydrogens is 449 g/mol. The van der Waals surface area contributed by atoms with Crippen LogP contribution in [0.15, 0.2) is 0 Å². The quantitative estimate of drug-likeness (QED) is 0.519. The van der Waals surface area contributed by atoms with Crippen molar-refractivity contribution in [3.8, 4) is 0 Å². The van der Waals surface area contributed by atoms with Crippen LogP contribution in [-0.2, 0) is 0 Å². The lowest BCUT2D eigenvalue weighted by atomic mass is 9.63. The Labute approximate surface area is 188 Å². The average molecular weight is 491 g/mol. The Bertz CT molecular complexity index is 576. The highest BCUT2D eigenvalue weighted by Crippen LogP contribution is 2.30. The summed E-state index contributed by atoms with van der Waals surface area (Å²) in [5, 5.41) is 0. The van der Waals surface area contributed by atoms with E-state index in [0.29, 0.717) is 19.6 Å². The Morgan fingerprint density at radius 3 is 1.23 bits per heavy atom. The smallest absolute Gasteiger partial charge is 0.337 e. The highest BCUT2D eigenvalue weighted by molar-refractivity contribution is 7.09. The SMILES string of the molecule is CCN1B(F)N(CC)B(N2[Si](C)(C)N[Si](C)(C)N[Si](C)(C)N[Si]2(C)C)N(CC)B1F. The van der Waals surface area contributed by atoms with Gasteiger partial charge in [-0.1, -0.05) is 20.8 Å². The molecule has 2 fully saturated rings. The normalized spacial score (nSPS) is 28.5. The van der Waals surface area contributed by atoms with Crippen LogP contribution in [0.1, 0.15) is 20.8 Å². The van der Waals surface area contributed by atoms with E-state index in [0.717, 1.165) is 0 Å². The zero-order valence-corrected chi connectivity index (χ0v) is 24.9. The predicted octanol–water partition coefficient (Wildman–Crippen LogP) is 1.75. The molecule has 7 nitrogen and oxygen atoms in total. The van der Waals surface area contributed by atoms with Gasteiger partial charge >= 0.3 is 21.6 Å². The van der Waals surface area contributed by atoms with Crippen molar-refractivity contribution in [2.75, 3.05) is 19.6 Å². The van der Waals surface area contributed by atoms with Crippen molar-refractivity contribution >= 4 is 55.2 Å². The standard InChI is InChI=1S/C14H42B3F2N7Si4/c1-12-23-15(18)24(13-2)17(25(14-3)16(23)19)26-29(8,9)21-27(4,5)20-28(6,7)22-30(26,10)11/h20-22H,12-14H2,1-11H3. The number of nitrogens with zero attached hydrogens (tertiary/aromatic N) is 4. The van der Waals surface area contributed by atoms with Crippen molar-refractivity contribution < 1.29 is 8.63 Å². The largest absolute Gasteiger partial charge is 0.504 e. The number of hydrogen-bond donors (Lipinski definition) is 3. The van der Waals surface area contributed by atoms with Crippen LogP contribution in [0, 0.1) is 0 Å². The van der Waals surface area contributed by atoms with E-state index in [4.69, 9.17) is 0 Å². The van der Waals surface area contributed by atoms with E-state index in [1.165, 1.54) is 4.72 Å². The Hall–Kier alpha value is 0.642. The molecule has 0 saturated carbocycles. The number of halogens is 2. The van der Waals surface area contributed by atoms with Crippen LogP contribution >= 0.6 is 0 Å². The Morgan fingerprint density at radius 1 is 0.600 bits per heavy atom. The van der Waals surface area contributed by atoms with Crippen LogP contribution in [0.3, 0.4) is 0 Å². The van der Waals surface area contributed by atoms with Gasteiger partial charge in [-0.2, -0.15) is 0 Å². The average Bonchev–Trinajstić information content (AvgIpc) is 2.50. The summed E-state index contributed by atoms with van der Waals surface area (Å²) in [5.41, 5.74) is 0. The molecule has 0 spiro atoms. The second-order valence-corrected chi connectivity index (χ2v) is 27.7. The van der Waals surface area contributed by atoms with Gasteiger partial charge in [0.05, 0.1) is 0 Å². The maximum atomic E-state index is 15.6. The zero-order chi connectivity index (χ0) is 23.3. The Balaban J connectivity index is 2.66. The molecule has 0 aromatic heterocycles. The van der Waals surface area contributed by atoms with Crippen molar-refractivity contribution in [3.63, 3.8) is 0 Å². The third-order valence-electron chi connectivity index (χ3n) is 6.08. The molecule has 2 heterocycles. The molecule has 2 aliphatic rings. The summed E-state index contributed by atoms with van der Waals surface area (Å²) in [5.74, 6) is 0. The van der Waals surface area contributed by atoms with Gasteiger partial charge in [-0.3, -0.25) is 13.4 Å². The minimum absolute atomic E-state index is 0.337. The van der Waals surface area contributed by atoms with E-state index in [9.17, 15) is 0 Å². The minimum Gasteiger partial charge on any atom is -0.337 e. The molecule has 0 radical (unpaired) electrons. The van der Waals surface area contributed by atoms with Crippen molar-refractivity contribution in [1.29, 1.82) is 0 Å². The molecule has 0 bridgehead atoms. The molecule has 0 unspecified atom stereocenters. The molecule has 3 N–H and O–H groups in total. The molecule has 0 aromatic rings. The molecule has 2 aliphatic heterocycles. The molecular formula is C14H42B3F2N7Si4. The summed E-state index contributed by atoms with van der Waals surface area (Å²) in [6.45, 7) is 25.6. The number of rotatable bonds is 4. The lowest BCUT2D eigenvalue weighted by molar-refractivity contribution is 0.360. The van der Waals surface area contributed by atoms with E-state index in [1.54, 1.807) is 0 Å². The molecule has 30 heavy (non-hydrogen) atoms. The maximum Gasteiger partial charge on any atom is 0.504 e. The van der Waals surface area contributed by atoms with Crippen molar-refractivity contribution in [2.45, 2.75) is 73.1 Å². The molecule has 0 atom stereocenters. The second kappa shape index (κ2) is 9.12. The summed E-state index contributed by atoms with van der Waals surface area (Å²) >= 11 is 0. The fourth-order valence-electron chi connectivity index (χ4n) is 5.89. The molecule has 0 aliphatic carbocycles. The summed E-state index contributed by atoms with van der Waals surface area (Å²) < 4.78 is 50.8. The van der Waals surface area contributed by atoms with E-state index >= 15 is 8.63 Å². The van der Waals surface area contributed by atoms with Crippen LogP contribution in [0.4, 0.5) is 8.63 Å². The third-order valence-corrected chi connectivity index (χ3v) is 27.2. The van der Waals surface area contributed by atoms with Gasteiger partial charge in [-0.25, -0.2) is 0 Å². The van der Waals surface area contributed by atoms with Gasteiger partial charge in [0, 0.05) is 0 Å². The van der Waals surface area contributed by atoms with E-state index in [-0.39, 0.29) is 0 Å². The lowest BCUT2D eigenvalue weighted by Crippen LogP contribution is -2.94. The number of hydrogen-bond acceptors (Lipinski definition) is 7. The van der Waals surface area contributed by atoms with Crippen LogP contribution < -0.4 is 13.9 Å². The summed E-state index contributed by atoms with van der Waals surface area (Å²) in [4.78, 5) is 0. The molecule has 2 rings (SSSR count). The Kier molecular flexibility index (Phi) is 8.17. The topological polar surface area (TPSA) is 49.1 Å². The first-order valence-corrected chi connectivity index (χ1v) is 23.2. The fourth-order valence-corrected chi connectivity index (χ4v) is 35.3. The van der Waals surface area contributed by atoms with Crippen LogP contribution in [-0.4, -0.2) is 93.2 Å². The minimum atomic E-state index is -2.26. The summed E-state index contributed by atoms with van der Waals surface area (Å²) in [6.07, 6.45) is 0. The van der Waals surface area contributed by atoms with Gasteiger partial charge < -0.3 is 27.5 Å². The maximum absolute atomic E-state index is 15.6.